The van der Waals surface area contributed by atoms with E-state index in [2.05, 4.69) is 26.0 Å². The van der Waals surface area contributed by atoms with Crippen molar-refractivity contribution in [1.82, 2.24) is 0 Å². The van der Waals surface area contributed by atoms with Crippen LogP contribution < -0.4 is 10.5 Å². The molecular weight excluding hydrogens is 210 g/mol. The van der Waals surface area contributed by atoms with Crippen LogP contribution in [-0.2, 0) is 0 Å². The first-order chi connectivity index (χ1) is 8.13. The van der Waals surface area contributed by atoms with Gasteiger partial charge in [-0.25, -0.2) is 0 Å². The molecule has 0 amide bonds. The minimum atomic E-state index is 0.329. The van der Waals surface area contributed by atoms with Crippen molar-refractivity contribution in [3.05, 3.63) is 29.8 Å². The standard InChI is InChI=1S/C15H23NO/c1-10-4-9-14(11(2)15(10)16)12-5-7-13(17-3)8-6-12/h5-8,10-11,14-15H,4,9,16H2,1-3H3. The van der Waals surface area contributed by atoms with E-state index >= 15 is 0 Å². The summed E-state index contributed by atoms with van der Waals surface area (Å²) in [6.07, 6.45) is 2.49. The average Bonchev–Trinajstić information content (AvgIpc) is 2.36. The molecule has 1 aromatic carbocycles. The Morgan fingerprint density at radius 3 is 2.35 bits per heavy atom. The second kappa shape index (κ2) is 5.09. The van der Waals surface area contributed by atoms with Crippen molar-refractivity contribution in [2.45, 2.75) is 38.6 Å². The predicted octanol–water partition coefficient (Wildman–Crippen LogP) is 3.17. The number of hydrogen-bond donors (Lipinski definition) is 1. The molecule has 2 nitrogen and oxygen atoms in total. The third-order valence-corrected chi connectivity index (χ3v) is 4.38. The highest BCUT2D eigenvalue weighted by molar-refractivity contribution is 5.30. The van der Waals surface area contributed by atoms with E-state index in [9.17, 15) is 0 Å². The molecule has 0 aliphatic heterocycles. The van der Waals surface area contributed by atoms with E-state index in [0.29, 0.717) is 23.8 Å². The Labute approximate surface area is 104 Å². The minimum Gasteiger partial charge on any atom is -0.497 e. The molecule has 94 valence electrons. The number of methoxy groups -OCH3 is 1. The fourth-order valence-electron chi connectivity index (χ4n) is 3.01. The molecule has 2 rings (SSSR count). The highest BCUT2D eigenvalue weighted by atomic mass is 16.5. The molecule has 17 heavy (non-hydrogen) atoms. The highest BCUT2D eigenvalue weighted by Crippen LogP contribution is 2.39. The molecule has 0 bridgehead atoms. The van der Waals surface area contributed by atoms with Crippen LogP contribution in [0.4, 0.5) is 0 Å². The monoisotopic (exact) mass is 233 g/mol. The van der Waals surface area contributed by atoms with Gasteiger partial charge in [0.25, 0.3) is 0 Å². The summed E-state index contributed by atoms with van der Waals surface area (Å²) < 4.78 is 5.20. The van der Waals surface area contributed by atoms with Gasteiger partial charge in [-0.05, 0) is 48.3 Å². The first-order valence-corrected chi connectivity index (χ1v) is 6.53. The second-order valence-electron chi connectivity index (χ2n) is 5.37. The summed E-state index contributed by atoms with van der Waals surface area (Å²) in [7, 11) is 1.70. The maximum atomic E-state index is 6.28. The summed E-state index contributed by atoms with van der Waals surface area (Å²) in [5, 5.41) is 0. The van der Waals surface area contributed by atoms with Gasteiger partial charge in [0.15, 0.2) is 0 Å². The topological polar surface area (TPSA) is 35.2 Å². The van der Waals surface area contributed by atoms with Crippen molar-refractivity contribution in [2.75, 3.05) is 7.11 Å². The van der Waals surface area contributed by atoms with E-state index in [-0.39, 0.29) is 0 Å². The second-order valence-corrected chi connectivity index (χ2v) is 5.37. The van der Waals surface area contributed by atoms with Crippen molar-refractivity contribution < 1.29 is 4.74 Å². The van der Waals surface area contributed by atoms with Crippen LogP contribution in [0.3, 0.4) is 0 Å². The van der Waals surface area contributed by atoms with Crippen LogP contribution in [0.2, 0.25) is 0 Å². The molecule has 0 saturated heterocycles. The van der Waals surface area contributed by atoms with E-state index in [4.69, 9.17) is 10.5 Å². The van der Waals surface area contributed by atoms with E-state index < -0.39 is 0 Å². The minimum absolute atomic E-state index is 0.329. The van der Waals surface area contributed by atoms with Crippen molar-refractivity contribution in [1.29, 1.82) is 0 Å². The van der Waals surface area contributed by atoms with Crippen LogP contribution in [0.15, 0.2) is 24.3 Å². The molecular formula is C15H23NO. The first kappa shape index (κ1) is 12.4. The maximum absolute atomic E-state index is 6.28. The Morgan fingerprint density at radius 1 is 1.12 bits per heavy atom. The lowest BCUT2D eigenvalue weighted by atomic mass is 9.70. The van der Waals surface area contributed by atoms with E-state index in [0.717, 1.165) is 5.75 Å². The van der Waals surface area contributed by atoms with Crippen molar-refractivity contribution in [3.63, 3.8) is 0 Å². The van der Waals surface area contributed by atoms with Gasteiger partial charge in [0, 0.05) is 6.04 Å². The average molecular weight is 233 g/mol. The van der Waals surface area contributed by atoms with Gasteiger partial charge in [0.05, 0.1) is 7.11 Å². The van der Waals surface area contributed by atoms with E-state index in [1.165, 1.54) is 18.4 Å². The zero-order valence-electron chi connectivity index (χ0n) is 11.0. The van der Waals surface area contributed by atoms with Gasteiger partial charge in [-0.2, -0.15) is 0 Å². The fraction of sp³-hybridized carbons (Fsp3) is 0.600. The van der Waals surface area contributed by atoms with Crippen molar-refractivity contribution >= 4 is 0 Å². The number of benzene rings is 1. The molecule has 4 atom stereocenters. The summed E-state index contributed by atoms with van der Waals surface area (Å²) >= 11 is 0. The molecule has 0 aromatic heterocycles. The molecule has 4 unspecified atom stereocenters. The third kappa shape index (κ3) is 2.47. The third-order valence-electron chi connectivity index (χ3n) is 4.38. The normalized spacial score (nSPS) is 33.4. The van der Waals surface area contributed by atoms with E-state index in [1.807, 2.05) is 12.1 Å². The Kier molecular flexibility index (Phi) is 3.72. The molecule has 2 heteroatoms. The van der Waals surface area contributed by atoms with E-state index in [1.54, 1.807) is 7.11 Å². The highest BCUT2D eigenvalue weighted by Gasteiger charge is 2.32. The Bertz CT molecular complexity index is 360. The van der Waals surface area contributed by atoms with Gasteiger partial charge in [-0.15, -0.1) is 0 Å². The molecule has 1 aliphatic rings. The number of nitrogens with two attached hydrogens (primary N) is 1. The SMILES string of the molecule is COc1ccc(C2CCC(C)C(N)C2C)cc1. The lowest BCUT2D eigenvalue weighted by Gasteiger charge is -2.38. The van der Waals surface area contributed by atoms with Gasteiger partial charge >= 0.3 is 0 Å². The molecule has 1 aliphatic carbocycles. The van der Waals surface area contributed by atoms with Crippen LogP contribution >= 0.6 is 0 Å². The Balaban J connectivity index is 2.16. The van der Waals surface area contributed by atoms with Gasteiger partial charge < -0.3 is 10.5 Å². The largest absolute Gasteiger partial charge is 0.497 e. The number of ether oxygens (including phenoxy) is 1. The van der Waals surface area contributed by atoms with Crippen LogP contribution in [0.25, 0.3) is 0 Å². The van der Waals surface area contributed by atoms with Gasteiger partial charge in [0.2, 0.25) is 0 Å². The fourth-order valence-corrected chi connectivity index (χ4v) is 3.01. The van der Waals surface area contributed by atoms with Crippen LogP contribution in [0.1, 0.15) is 38.2 Å². The van der Waals surface area contributed by atoms with Crippen LogP contribution in [0, 0.1) is 11.8 Å². The zero-order valence-corrected chi connectivity index (χ0v) is 11.0. The molecule has 0 heterocycles. The summed E-state index contributed by atoms with van der Waals surface area (Å²) in [6, 6.07) is 8.79. The lowest BCUT2D eigenvalue weighted by molar-refractivity contribution is 0.218. The zero-order chi connectivity index (χ0) is 12.4. The Hall–Kier alpha value is -1.02. The van der Waals surface area contributed by atoms with Crippen LogP contribution in [0.5, 0.6) is 5.75 Å². The quantitative estimate of drug-likeness (QED) is 0.851. The molecule has 1 saturated carbocycles. The van der Waals surface area contributed by atoms with Crippen molar-refractivity contribution in [2.24, 2.45) is 17.6 Å². The summed E-state index contributed by atoms with van der Waals surface area (Å²) in [5.74, 6) is 2.74. The van der Waals surface area contributed by atoms with Crippen LogP contribution in [-0.4, -0.2) is 13.2 Å². The summed E-state index contributed by atoms with van der Waals surface area (Å²) in [6.45, 7) is 4.56. The van der Waals surface area contributed by atoms with Gasteiger partial charge in [0.1, 0.15) is 5.75 Å². The molecule has 2 N–H and O–H groups in total. The Morgan fingerprint density at radius 2 is 1.76 bits per heavy atom. The summed E-state index contributed by atoms with van der Waals surface area (Å²) in [5.41, 5.74) is 7.68. The van der Waals surface area contributed by atoms with Gasteiger partial charge in [-0.1, -0.05) is 26.0 Å². The number of rotatable bonds is 2. The molecule has 1 fully saturated rings. The first-order valence-electron chi connectivity index (χ1n) is 6.53. The predicted molar refractivity (Wildman–Crippen MR) is 71.3 cm³/mol. The number of hydrogen-bond acceptors (Lipinski definition) is 2. The van der Waals surface area contributed by atoms with Gasteiger partial charge in [-0.3, -0.25) is 0 Å². The smallest absolute Gasteiger partial charge is 0.118 e. The molecule has 1 aromatic rings. The molecule has 0 radical (unpaired) electrons. The molecule has 0 spiro atoms. The lowest BCUT2D eigenvalue weighted by Crippen LogP contribution is -2.41. The van der Waals surface area contributed by atoms with Crippen molar-refractivity contribution in [3.8, 4) is 5.75 Å². The maximum Gasteiger partial charge on any atom is 0.118 e. The summed E-state index contributed by atoms with van der Waals surface area (Å²) in [4.78, 5) is 0.